The first-order valence-corrected chi connectivity index (χ1v) is 6.56. The summed E-state index contributed by atoms with van der Waals surface area (Å²) in [5.74, 6) is 0. The van der Waals surface area contributed by atoms with Gasteiger partial charge >= 0.3 is 0 Å². The Morgan fingerprint density at radius 3 is 2.44 bits per heavy atom. The molecule has 2 nitrogen and oxygen atoms in total. The van der Waals surface area contributed by atoms with Crippen LogP contribution in [0.15, 0.2) is 30.5 Å². The third kappa shape index (κ3) is 2.49. The van der Waals surface area contributed by atoms with E-state index in [9.17, 15) is 0 Å². The molecule has 0 unspecified atom stereocenters. The van der Waals surface area contributed by atoms with Gasteiger partial charge < -0.3 is 5.73 Å². The lowest BCUT2D eigenvalue weighted by Gasteiger charge is -2.10. The molecule has 3 heteroatoms. The van der Waals surface area contributed by atoms with Gasteiger partial charge in [-0.05, 0) is 36.1 Å². The summed E-state index contributed by atoms with van der Waals surface area (Å²) in [4.78, 5) is 4.32. The molecule has 2 N–H and O–H groups in total. The summed E-state index contributed by atoms with van der Waals surface area (Å²) < 4.78 is 0. The van der Waals surface area contributed by atoms with Gasteiger partial charge in [-0.25, -0.2) is 0 Å². The summed E-state index contributed by atoms with van der Waals surface area (Å²) in [7, 11) is 0. The fourth-order valence-electron chi connectivity index (χ4n) is 2.14. The van der Waals surface area contributed by atoms with Crippen LogP contribution in [-0.2, 0) is 12.8 Å². The number of nitrogens with zero attached hydrogens (tertiary/aromatic N) is 1. The van der Waals surface area contributed by atoms with Crippen molar-refractivity contribution in [1.82, 2.24) is 4.98 Å². The minimum Gasteiger partial charge on any atom is -0.397 e. The molecule has 0 aliphatic rings. The van der Waals surface area contributed by atoms with Gasteiger partial charge in [0.1, 0.15) is 0 Å². The number of aromatic nitrogens is 1. The molecule has 0 bridgehead atoms. The van der Waals surface area contributed by atoms with Crippen LogP contribution in [0.25, 0.3) is 11.3 Å². The molecule has 2 aromatic rings. The van der Waals surface area contributed by atoms with E-state index in [0.29, 0.717) is 10.7 Å². The molecule has 0 amide bonds. The lowest BCUT2D eigenvalue weighted by Crippen LogP contribution is -1.96. The predicted octanol–water partition coefficient (Wildman–Crippen LogP) is 4.11. The van der Waals surface area contributed by atoms with Crippen LogP contribution < -0.4 is 5.73 Å². The third-order valence-electron chi connectivity index (χ3n) is 3.13. The van der Waals surface area contributed by atoms with E-state index in [0.717, 1.165) is 24.1 Å². The Morgan fingerprint density at radius 1 is 1.11 bits per heavy atom. The Labute approximate surface area is 113 Å². The molecule has 1 aromatic heterocycles. The molecule has 1 heterocycles. The van der Waals surface area contributed by atoms with Gasteiger partial charge in [-0.15, -0.1) is 0 Å². The van der Waals surface area contributed by atoms with Gasteiger partial charge in [-0.3, -0.25) is 4.98 Å². The van der Waals surface area contributed by atoms with Crippen molar-refractivity contribution in [2.75, 3.05) is 5.73 Å². The number of hydrogen-bond acceptors (Lipinski definition) is 2. The minimum atomic E-state index is 0.567. The molecule has 0 atom stereocenters. The molecule has 0 saturated carbocycles. The first-order chi connectivity index (χ1) is 8.65. The minimum absolute atomic E-state index is 0.567. The molecule has 0 spiro atoms. The molecule has 0 fully saturated rings. The second-order valence-electron chi connectivity index (χ2n) is 4.28. The van der Waals surface area contributed by atoms with Crippen molar-refractivity contribution in [3.8, 4) is 11.3 Å². The molecule has 0 radical (unpaired) electrons. The second kappa shape index (κ2) is 5.40. The maximum atomic E-state index is 5.97. The zero-order chi connectivity index (χ0) is 13.1. The van der Waals surface area contributed by atoms with Gasteiger partial charge in [-0.1, -0.05) is 37.6 Å². The summed E-state index contributed by atoms with van der Waals surface area (Å²) in [6.45, 7) is 4.33. The molecular weight excluding hydrogens is 244 g/mol. The molecule has 1 aromatic carbocycles. The quantitative estimate of drug-likeness (QED) is 0.902. The fourth-order valence-corrected chi connectivity index (χ4v) is 2.31. The number of nitrogens with two attached hydrogens (primary N) is 1. The number of halogens is 1. The zero-order valence-electron chi connectivity index (χ0n) is 10.7. The predicted molar refractivity (Wildman–Crippen MR) is 77.9 cm³/mol. The Hall–Kier alpha value is -1.54. The Bertz CT molecular complexity index is 564. The van der Waals surface area contributed by atoms with Crippen LogP contribution in [0, 0.1) is 0 Å². The molecule has 0 aliphatic heterocycles. The van der Waals surface area contributed by atoms with Crippen molar-refractivity contribution >= 4 is 17.3 Å². The number of rotatable bonds is 3. The topological polar surface area (TPSA) is 38.9 Å². The van der Waals surface area contributed by atoms with Crippen molar-refractivity contribution in [3.05, 3.63) is 46.6 Å². The van der Waals surface area contributed by atoms with E-state index in [1.165, 1.54) is 11.1 Å². The van der Waals surface area contributed by atoms with Crippen molar-refractivity contribution < 1.29 is 0 Å². The first kappa shape index (κ1) is 12.9. The summed E-state index contributed by atoms with van der Waals surface area (Å²) in [6, 6.07) is 8.14. The van der Waals surface area contributed by atoms with E-state index < -0.39 is 0 Å². The standard InChI is InChI=1S/C15H17ClN2/c1-3-10-5-6-12(7-11(10)4-2)15-14(17)8-13(16)9-18-15/h5-9H,3-4,17H2,1-2H3. The highest BCUT2D eigenvalue weighted by molar-refractivity contribution is 6.30. The highest BCUT2D eigenvalue weighted by Gasteiger charge is 2.07. The van der Waals surface area contributed by atoms with Gasteiger partial charge in [0.25, 0.3) is 0 Å². The van der Waals surface area contributed by atoms with Crippen LogP contribution >= 0.6 is 11.6 Å². The van der Waals surface area contributed by atoms with Crippen molar-refractivity contribution in [1.29, 1.82) is 0 Å². The second-order valence-corrected chi connectivity index (χ2v) is 4.72. The van der Waals surface area contributed by atoms with Crippen molar-refractivity contribution in [3.63, 3.8) is 0 Å². The van der Waals surface area contributed by atoms with E-state index >= 15 is 0 Å². The lowest BCUT2D eigenvalue weighted by atomic mass is 9.98. The SMILES string of the molecule is CCc1ccc(-c2ncc(Cl)cc2N)cc1CC. The number of anilines is 1. The summed E-state index contributed by atoms with van der Waals surface area (Å²) in [5, 5.41) is 0.567. The summed E-state index contributed by atoms with van der Waals surface area (Å²) in [5.41, 5.74) is 11.2. The Balaban J connectivity index is 2.51. The van der Waals surface area contributed by atoms with Gasteiger partial charge in [0.15, 0.2) is 0 Å². The van der Waals surface area contributed by atoms with E-state index in [4.69, 9.17) is 17.3 Å². The summed E-state index contributed by atoms with van der Waals surface area (Å²) >= 11 is 5.87. The molecular formula is C15H17ClN2. The number of benzene rings is 1. The normalized spacial score (nSPS) is 10.6. The lowest BCUT2D eigenvalue weighted by molar-refractivity contribution is 1.04. The molecule has 0 aliphatic carbocycles. The Kier molecular flexibility index (Phi) is 3.87. The van der Waals surface area contributed by atoms with Gasteiger partial charge in [0, 0.05) is 11.8 Å². The van der Waals surface area contributed by atoms with Crippen LogP contribution in [0.5, 0.6) is 0 Å². The number of pyridine rings is 1. The Morgan fingerprint density at radius 2 is 1.83 bits per heavy atom. The third-order valence-corrected chi connectivity index (χ3v) is 3.33. The highest BCUT2D eigenvalue weighted by Crippen LogP contribution is 2.27. The van der Waals surface area contributed by atoms with Gasteiger partial charge in [0.05, 0.1) is 16.4 Å². The fraction of sp³-hybridized carbons (Fsp3) is 0.267. The number of aryl methyl sites for hydroxylation is 2. The monoisotopic (exact) mass is 260 g/mol. The van der Waals surface area contributed by atoms with E-state index in [1.807, 2.05) is 0 Å². The highest BCUT2D eigenvalue weighted by atomic mass is 35.5. The molecule has 18 heavy (non-hydrogen) atoms. The van der Waals surface area contributed by atoms with Crippen LogP contribution in [0.4, 0.5) is 5.69 Å². The average molecular weight is 261 g/mol. The maximum Gasteiger partial charge on any atom is 0.0932 e. The average Bonchev–Trinajstić information content (AvgIpc) is 2.38. The maximum absolute atomic E-state index is 5.97. The van der Waals surface area contributed by atoms with Crippen molar-refractivity contribution in [2.45, 2.75) is 26.7 Å². The number of hydrogen-bond donors (Lipinski definition) is 1. The first-order valence-electron chi connectivity index (χ1n) is 6.18. The van der Waals surface area contributed by atoms with Crippen LogP contribution in [-0.4, -0.2) is 4.98 Å². The van der Waals surface area contributed by atoms with Gasteiger partial charge in [-0.2, -0.15) is 0 Å². The molecule has 2 rings (SSSR count). The van der Waals surface area contributed by atoms with E-state index in [1.54, 1.807) is 12.3 Å². The van der Waals surface area contributed by atoms with Crippen LogP contribution in [0.1, 0.15) is 25.0 Å². The molecule has 0 saturated heterocycles. The van der Waals surface area contributed by atoms with Gasteiger partial charge in [0.2, 0.25) is 0 Å². The largest absolute Gasteiger partial charge is 0.397 e. The molecule has 94 valence electrons. The zero-order valence-corrected chi connectivity index (χ0v) is 11.5. The van der Waals surface area contributed by atoms with Crippen molar-refractivity contribution in [2.24, 2.45) is 0 Å². The van der Waals surface area contributed by atoms with E-state index in [2.05, 4.69) is 37.0 Å². The van der Waals surface area contributed by atoms with E-state index in [-0.39, 0.29) is 0 Å². The van der Waals surface area contributed by atoms with Crippen LogP contribution in [0.2, 0.25) is 5.02 Å². The summed E-state index contributed by atoms with van der Waals surface area (Å²) in [6.07, 6.45) is 3.70. The number of nitrogen functional groups attached to an aromatic ring is 1. The smallest absolute Gasteiger partial charge is 0.0932 e. The van der Waals surface area contributed by atoms with Crippen LogP contribution in [0.3, 0.4) is 0 Å².